The molecule has 6 heteroatoms. The predicted octanol–water partition coefficient (Wildman–Crippen LogP) is 0.649. The van der Waals surface area contributed by atoms with Crippen LogP contribution in [0.1, 0.15) is 12.8 Å². The predicted molar refractivity (Wildman–Crippen MR) is 43.0 cm³/mol. The van der Waals surface area contributed by atoms with Crippen LogP contribution in [0.4, 0.5) is 0 Å². The number of rotatable bonds is 7. The maximum atomic E-state index is 10.5. The van der Waals surface area contributed by atoms with Gasteiger partial charge in [0.05, 0.1) is 12.5 Å². The molecule has 0 saturated carbocycles. The number of carboxylic acid groups (broad SMARTS) is 1. The molecule has 0 rings (SSSR count). The minimum atomic E-state index is -0.938. The van der Waals surface area contributed by atoms with Crippen LogP contribution in [0.15, 0.2) is 0 Å². The fourth-order valence-electron chi connectivity index (χ4n) is 0.763. The summed E-state index contributed by atoms with van der Waals surface area (Å²) in [5.41, 5.74) is 5.21. The molecule has 0 aromatic carbocycles. The largest absolute Gasteiger partial charge is 0.481 e. The third-order valence-corrected chi connectivity index (χ3v) is 1.69. The molecular weight excluding hydrogens is 181 g/mol. The van der Waals surface area contributed by atoms with Crippen LogP contribution >= 0.6 is 8.69 Å². The second-order valence-corrected chi connectivity index (χ2v) is 2.74. The topological polar surface area (TPSA) is 89.6 Å². The van der Waals surface area contributed by atoms with E-state index in [4.69, 9.17) is 10.8 Å². The Balaban J connectivity index is 3.69. The maximum Gasteiger partial charge on any atom is 0.327 e. The van der Waals surface area contributed by atoms with E-state index in [1.54, 1.807) is 0 Å². The molecule has 0 radical (unpaired) electrons. The number of carbonyl (C=O) groups is 1. The van der Waals surface area contributed by atoms with Gasteiger partial charge in [-0.05, 0) is 19.4 Å². The van der Waals surface area contributed by atoms with Crippen LogP contribution in [0.5, 0.6) is 0 Å². The van der Waals surface area contributed by atoms with E-state index in [-0.39, 0.29) is 6.61 Å². The van der Waals surface area contributed by atoms with E-state index in [0.29, 0.717) is 19.4 Å². The van der Waals surface area contributed by atoms with Crippen molar-refractivity contribution in [3.63, 3.8) is 0 Å². The lowest BCUT2D eigenvalue weighted by atomic mass is 10.1. The summed E-state index contributed by atoms with van der Waals surface area (Å²) in [6.45, 7) is 0.430. The second-order valence-electron chi connectivity index (χ2n) is 2.34. The Labute approximate surface area is 72.2 Å². The molecule has 0 spiro atoms. The zero-order chi connectivity index (χ0) is 9.40. The molecule has 1 unspecified atom stereocenters. The smallest absolute Gasteiger partial charge is 0.327 e. The minimum absolute atomic E-state index is 0.0274. The molecule has 3 N–H and O–H groups in total. The Hall–Kier alpha value is -0.510. The third-order valence-electron chi connectivity index (χ3n) is 1.43. The van der Waals surface area contributed by atoms with E-state index in [2.05, 4.69) is 4.52 Å². The minimum Gasteiger partial charge on any atom is -0.481 e. The zero-order valence-corrected chi connectivity index (χ0v) is 7.50. The van der Waals surface area contributed by atoms with Crippen molar-refractivity contribution < 1.29 is 19.0 Å². The van der Waals surface area contributed by atoms with Crippen molar-refractivity contribution in [3.05, 3.63) is 0 Å². The maximum absolute atomic E-state index is 10.5. The number of hydrogen-bond acceptors (Lipinski definition) is 4. The van der Waals surface area contributed by atoms with Gasteiger partial charge in [0.2, 0.25) is 0 Å². The summed E-state index contributed by atoms with van der Waals surface area (Å²) < 4.78 is 14.3. The Morgan fingerprint density at radius 1 is 1.67 bits per heavy atom. The Morgan fingerprint density at radius 3 is 2.75 bits per heavy atom. The highest BCUT2D eigenvalue weighted by Gasteiger charge is 2.16. The molecule has 70 valence electrons. The molecule has 0 saturated heterocycles. The monoisotopic (exact) mass is 193 g/mol. The number of hydrogen-bond donors (Lipinski definition) is 2. The lowest BCUT2D eigenvalue weighted by Gasteiger charge is -2.08. The Bertz CT molecular complexity index is 152. The Morgan fingerprint density at radius 2 is 2.33 bits per heavy atom. The molecule has 0 fully saturated rings. The molecule has 0 aliphatic heterocycles. The van der Waals surface area contributed by atoms with E-state index in [0.717, 1.165) is 0 Å². The molecule has 0 aliphatic rings. The first-order valence-electron chi connectivity index (χ1n) is 3.59. The zero-order valence-electron chi connectivity index (χ0n) is 6.60. The van der Waals surface area contributed by atoms with Crippen LogP contribution < -0.4 is 5.73 Å². The molecule has 5 nitrogen and oxygen atoms in total. The quantitative estimate of drug-likeness (QED) is 0.579. The molecule has 0 aromatic heterocycles. The van der Waals surface area contributed by atoms with E-state index in [1.807, 2.05) is 0 Å². The lowest BCUT2D eigenvalue weighted by Crippen LogP contribution is -2.19. The first kappa shape index (κ1) is 11.5. The summed E-state index contributed by atoms with van der Waals surface area (Å²) in [5.74, 6) is -1.54. The van der Waals surface area contributed by atoms with Crippen LogP contribution in [0.2, 0.25) is 0 Å². The molecule has 0 heterocycles. The van der Waals surface area contributed by atoms with Crippen molar-refractivity contribution in [2.75, 3.05) is 13.2 Å². The molecule has 0 bridgehead atoms. The summed E-state index contributed by atoms with van der Waals surface area (Å²) in [7, 11) is -0.480. The molecule has 0 amide bonds. The van der Waals surface area contributed by atoms with Gasteiger partial charge < -0.3 is 10.8 Å². The van der Waals surface area contributed by atoms with Crippen molar-refractivity contribution in [2.24, 2.45) is 11.7 Å². The number of aliphatic carboxylic acids is 1. The van der Waals surface area contributed by atoms with Crippen LogP contribution in [0.25, 0.3) is 0 Å². The van der Waals surface area contributed by atoms with Gasteiger partial charge in [0.15, 0.2) is 0 Å². The van der Waals surface area contributed by atoms with E-state index < -0.39 is 20.6 Å². The van der Waals surface area contributed by atoms with Crippen LogP contribution in [-0.2, 0) is 13.9 Å². The van der Waals surface area contributed by atoms with Crippen molar-refractivity contribution >= 4 is 14.7 Å². The second kappa shape index (κ2) is 7.16. The first-order valence-corrected chi connectivity index (χ1v) is 4.33. The summed E-state index contributed by atoms with van der Waals surface area (Å²) in [4.78, 5) is 10.5. The molecule has 0 aromatic rings. The number of nitrogens with two attached hydrogens (primary N) is 1. The summed E-state index contributed by atoms with van der Waals surface area (Å²) in [5, 5.41) is 8.60. The molecule has 1 atom stereocenters. The molecule has 0 aliphatic carbocycles. The first-order chi connectivity index (χ1) is 5.72. The van der Waals surface area contributed by atoms with Crippen molar-refractivity contribution in [1.29, 1.82) is 0 Å². The van der Waals surface area contributed by atoms with Gasteiger partial charge >= 0.3 is 14.7 Å². The average Bonchev–Trinajstić information content (AvgIpc) is 2.04. The van der Waals surface area contributed by atoms with Crippen molar-refractivity contribution in [3.8, 4) is 0 Å². The molecular formula is C6H12NO4P. The fourth-order valence-corrected chi connectivity index (χ4v) is 1.00. The van der Waals surface area contributed by atoms with E-state index in [1.165, 1.54) is 0 Å². The normalized spacial score (nSPS) is 13.1. The number of carboxylic acids is 1. The highest BCUT2D eigenvalue weighted by atomic mass is 31.1. The highest BCUT2D eigenvalue weighted by molar-refractivity contribution is 7.17. The van der Waals surface area contributed by atoms with Gasteiger partial charge in [0.25, 0.3) is 0 Å². The van der Waals surface area contributed by atoms with Crippen LogP contribution in [0.3, 0.4) is 0 Å². The standard InChI is InChI=1S/C6H12NO4P/c7-3-1-2-5(6(8)9)4-11-12-10/h5H,1-4,7H2,(H,8,9). The van der Waals surface area contributed by atoms with Gasteiger partial charge in [-0.25, -0.2) is 4.57 Å². The summed E-state index contributed by atoms with van der Waals surface area (Å²) in [6, 6.07) is 0. The van der Waals surface area contributed by atoms with Crippen molar-refractivity contribution in [1.82, 2.24) is 0 Å². The Kier molecular flexibility index (Phi) is 6.85. The van der Waals surface area contributed by atoms with Gasteiger partial charge in [-0.3, -0.25) is 9.32 Å². The van der Waals surface area contributed by atoms with Gasteiger partial charge in [-0.15, -0.1) is 0 Å². The SMILES string of the molecule is NCCCC(COP=O)C(=O)O. The van der Waals surface area contributed by atoms with Crippen LogP contribution in [-0.4, -0.2) is 24.2 Å². The van der Waals surface area contributed by atoms with Crippen LogP contribution in [0, 0.1) is 5.92 Å². The van der Waals surface area contributed by atoms with Gasteiger partial charge in [-0.2, -0.15) is 0 Å². The highest BCUT2D eigenvalue weighted by Crippen LogP contribution is 2.09. The molecule has 12 heavy (non-hydrogen) atoms. The van der Waals surface area contributed by atoms with Crippen molar-refractivity contribution in [2.45, 2.75) is 12.8 Å². The third kappa shape index (κ3) is 5.18. The van der Waals surface area contributed by atoms with Gasteiger partial charge in [0.1, 0.15) is 0 Å². The average molecular weight is 193 g/mol. The summed E-state index contributed by atoms with van der Waals surface area (Å²) >= 11 is 0. The fraction of sp³-hybridized carbons (Fsp3) is 0.833. The summed E-state index contributed by atoms with van der Waals surface area (Å²) in [6.07, 6.45) is 1.09. The van der Waals surface area contributed by atoms with E-state index in [9.17, 15) is 9.36 Å². The van der Waals surface area contributed by atoms with E-state index >= 15 is 0 Å². The van der Waals surface area contributed by atoms with Gasteiger partial charge in [-0.1, -0.05) is 0 Å². The van der Waals surface area contributed by atoms with Gasteiger partial charge in [0, 0.05) is 0 Å². The lowest BCUT2D eigenvalue weighted by molar-refractivity contribution is -0.142.